The van der Waals surface area contributed by atoms with Gasteiger partial charge in [0.2, 0.25) is 0 Å². The lowest BCUT2D eigenvalue weighted by molar-refractivity contribution is 0.285. The van der Waals surface area contributed by atoms with Gasteiger partial charge in [0, 0.05) is 14.8 Å². The molecule has 0 saturated heterocycles. The molecule has 0 aliphatic carbocycles. The minimum atomic E-state index is -3.68. The Labute approximate surface area is 127 Å². The minimum Gasteiger partial charge on any atom is -0.391 e. The fourth-order valence-corrected chi connectivity index (χ4v) is 4.56. The summed E-state index contributed by atoms with van der Waals surface area (Å²) in [4.78, 5) is 1.44. The number of aliphatic hydroxyl groups is 1. The lowest BCUT2D eigenvalue weighted by atomic mass is 10.2. The highest BCUT2D eigenvalue weighted by atomic mass is 35.5. The predicted molar refractivity (Wildman–Crippen MR) is 82.0 cm³/mol. The van der Waals surface area contributed by atoms with Gasteiger partial charge in [0.15, 0.2) is 0 Å². The maximum atomic E-state index is 12.4. The normalized spacial score (nSPS) is 11.6. The van der Waals surface area contributed by atoms with Crippen LogP contribution in [-0.4, -0.2) is 13.5 Å². The first-order valence-electron chi connectivity index (χ1n) is 5.82. The van der Waals surface area contributed by atoms with Crippen LogP contribution in [0.5, 0.6) is 0 Å². The largest absolute Gasteiger partial charge is 0.391 e. The average Bonchev–Trinajstić information content (AvgIpc) is 2.76. The number of hydrogen-bond donors (Lipinski definition) is 2. The number of rotatable bonds is 4. The summed E-state index contributed by atoms with van der Waals surface area (Å²) < 4.78 is 27.3. The number of aryl methyl sites for hydroxylation is 2. The summed E-state index contributed by atoms with van der Waals surface area (Å²) in [6.45, 7) is 3.34. The fraction of sp³-hybridized carbons (Fsp3) is 0.231. The highest BCUT2D eigenvalue weighted by molar-refractivity contribution is 7.93. The Balaban J connectivity index is 2.40. The first-order valence-corrected chi connectivity index (χ1v) is 8.50. The van der Waals surface area contributed by atoms with Crippen LogP contribution in [0.2, 0.25) is 5.02 Å². The Morgan fingerprint density at radius 2 is 2.00 bits per heavy atom. The van der Waals surface area contributed by atoms with Crippen molar-refractivity contribution in [1.29, 1.82) is 0 Å². The molecule has 0 aliphatic rings. The number of sulfonamides is 1. The molecule has 2 aromatic rings. The number of benzene rings is 1. The molecule has 2 N–H and O–H groups in total. The molecule has 0 amide bonds. The fourth-order valence-electron chi connectivity index (χ4n) is 1.77. The van der Waals surface area contributed by atoms with Gasteiger partial charge in [0.05, 0.1) is 12.3 Å². The van der Waals surface area contributed by atoms with Crippen LogP contribution in [-0.2, 0) is 16.6 Å². The Hall–Kier alpha value is -1.08. The Morgan fingerprint density at radius 3 is 2.60 bits per heavy atom. The van der Waals surface area contributed by atoms with Gasteiger partial charge in [-0.2, -0.15) is 0 Å². The van der Waals surface area contributed by atoms with E-state index in [2.05, 4.69) is 4.72 Å². The van der Waals surface area contributed by atoms with Crippen LogP contribution in [0.3, 0.4) is 0 Å². The molecule has 1 aromatic heterocycles. The standard InChI is InChI=1S/C13H14ClNO3S2/c1-8-3-4-10(14)5-12(8)15-20(17,18)13-6-11(7-16)19-9(13)2/h3-6,15-16H,7H2,1-2H3. The van der Waals surface area contributed by atoms with Crippen LogP contribution in [0.1, 0.15) is 15.3 Å². The second kappa shape index (κ2) is 5.73. The zero-order valence-corrected chi connectivity index (χ0v) is 13.4. The van der Waals surface area contributed by atoms with Crippen molar-refractivity contribution in [3.8, 4) is 0 Å². The number of aliphatic hydroxyl groups excluding tert-OH is 1. The summed E-state index contributed by atoms with van der Waals surface area (Å²) in [5.41, 5.74) is 1.24. The molecule has 1 aromatic carbocycles. The van der Waals surface area contributed by atoms with Gasteiger partial charge in [-0.1, -0.05) is 17.7 Å². The van der Waals surface area contributed by atoms with Gasteiger partial charge in [-0.05, 0) is 37.6 Å². The first kappa shape index (κ1) is 15.3. The van der Waals surface area contributed by atoms with E-state index < -0.39 is 10.0 Å². The van der Waals surface area contributed by atoms with Crippen LogP contribution in [0.15, 0.2) is 29.2 Å². The molecule has 2 rings (SSSR count). The van der Waals surface area contributed by atoms with Gasteiger partial charge in [-0.3, -0.25) is 4.72 Å². The Morgan fingerprint density at radius 1 is 1.30 bits per heavy atom. The number of thiophene rings is 1. The van der Waals surface area contributed by atoms with Crippen molar-refractivity contribution in [2.75, 3.05) is 4.72 Å². The molecule has 0 unspecified atom stereocenters. The molecular weight excluding hydrogens is 318 g/mol. The molecule has 0 atom stereocenters. The Kier molecular flexibility index (Phi) is 4.39. The van der Waals surface area contributed by atoms with Crippen molar-refractivity contribution in [3.63, 3.8) is 0 Å². The van der Waals surface area contributed by atoms with Crippen LogP contribution < -0.4 is 4.72 Å². The van der Waals surface area contributed by atoms with Crippen LogP contribution in [0.4, 0.5) is 5.69 Å². The lowest BCUT2D eigenvalue weighted by Gasteiger charge is -2.10. The maximum absolute atomic E-state index is 12.4. The molecular formula is C13H14ClNO3S2. The van der Waals surface area contributed by atoms with E-state index >= 15 is 0 Å². The van der Waals surface area contributed by atoms with Gasteiger partial charge in [-0.25, -0.2) is 8.42 Å². The van der Waals surface area contributed by atoms with E-state index in [1.165, 1.54) is 17.4 Å². The molecule has 0 fully saturated rings. The first-order chi connectivity index (χ1) is 9.33. The number of halogens is 1. The molecule has 7 heteroatoms. The van der Waals surface area contributed by atoms with Crippen LogP contribution in [0, 0.1) is 13.8 Å². The predicted octanol–water partition coefficient (Wildman–Crippen LogP) is 3.31. The number of anilines is 1. The van der Waals surface area contributed by atoms with E-state index in [-0.39, 0.29) is 11.5 Å². The third-order valence-corrected chi connectivity index (χ3v) is 5.70. The van der Waals surface area contributed by atoms with Gasteiger partial charge in [-0.15, -0.1) is 11.3 Å². The topological polar surface area (TPSA) is 66.4 Å². The third kappa shape index (κ3) is 3.15. The summed E-state index contributed by atoms with van der Waals surface area (Å²) in [5.74, 6) is 0. The van der Waals surface area contributed by atoms with E-state index in [4.69, 9.17) is 16.7 Å². The van der Waals surface area contributed by atoms with Crippen molar-refractivity contribution in [2.24, 2.45) is 0 Å². The van der Waals surface area contributed by atoms with Crippen molar-refractivity contribution in [1.82, 2.24) is 0 Å². The second-order valence-electron chi connectivity index (χ2n) is 4.36. The molecule has 0 bridgehead atoms. The van der Waals surface area contributed by atoms with E-state index in [1.54, 1.807) is 32.0 Å². The zero-order chi connectivity index (χ0) is 14.9. The molecule has 1 heterocycles. The quantitative estimate of drug-likeness (QED) is 0.903. The highest BCUT2D eigenvalue weighted by Gasteiger charge is 2.20. The van der Waals surface area contributed by atoms with Crippen molar-refractivity contribution in [2.45, 2.75) is 25.3 Å². The molecule has 4 nitrogen and oxygen atoms in total. The molecule has 108 valence electrons. The summed E-state index contributed by atoms with van der Waals surface area (Å²) >= 11 is 7.15. The molecule has 0 radical (unpaired) electrons. The van der Waals surface area contributed by atoms with E-state index in [0.717, 1.165) is 5.56 Å². The minimum absolute atomic E-state index is 0.169. The monoisotopic (exact) mass is 331 g/mol. The molecule has 20 heavy (non-hydrogen) atoms. The van der Waals surface area contributed by atoms with Gasteiger partial charge < -0.3 is 5.11 Å². The van der Waals surface area contributed by atoms with Crippen molar-refractivity contribution in [3.05, 3.63) is 44.6 Å². The number of nitrogens with one attached hydrogen (secondary N) is 1. The van der Waals surface area contributed by atoms with Crippen LogP contribution in [0.25, 0.3) is 0 Å². The van der Waals surface area contributed by atoms with E-state index in [9.17, 15) is 8.42 Å². The summed E-state index contributed by atoms with van der Waals surface area (Å²) in [5, 5.41) is 9.55. The SMILES string of the molecule is Cc1ccc(Cl)cc1NS(=O)(=O)c1cc(CO)sc1C. The molecule has 0 spiro atoms. The zero-order valence-electron chi connectivity index (χ0n) is 11.0. The van der Waals surface area contributed by atoms with Gasteiger partial charge in [0.25, 0.3) is 10.0 Å². The van der Waals surface area contributed by atoms with Gasteiger partial charge in [0.1, 0.15) is 4.90 Å². The van der Waals surface area contributed by atoms with Crippen molar-refractivity contribution < 1.29 is 13.5 Å². The van der Waals surface area contributed by atoms with Crippen molar-refractivity contribution >= 4 is 38.6 Å². The Bertz CT molecular complexity index is 738. The summed E-state index contributed by atoms with van der Waals surface area (Å²) in [7, 11) is -3.68. The molecule has 0 aliphatic heterocycles. The highest BCUT2D eigenvalue weighted by Crippen LogP contribution is 2.29. The summed E-state index contributed by atoms with van der Waals surface area (Å²) in [6, 6.07) is 6.51. The van der Waals surface area contributed by atoms with Gasteiger partial charge >= 0.3 is 0 Å². The third-order valence-electron chi connectivity index (χ3n) is 2.81. The maximum Gasteiger partial charge on any atom is 0.263 e. The molecule has 0 saturated carbocycles. The average molecular weight is 332 g/mol. The number of hydrogen-bond acceptors (Lipinski definition) is 4. The van der Waals surface area contributed by atoms with E-state index in [1.807, 2.05) is 0 Å². The summed E-state index contributed by atoms with van der Waals surface area (Å²) in [6.07, 6.45) is 0. The smallest absolute Gasteiger partial charge is 0.263 e. The van der Waals surface area contributed by atoms with E-state index in [0.29, 0.717) is 20.5 Å². The van der Waals surface area contributed by atoms with Crippen LogP contribution >= 0.6 is 22.9 Å². The second-order valence-corrected chi connectivity index (χ2v) is 7.78. The lowest BCUT2D eigenvalue weighted by Crippen LogP contribution is -2.14.